The van der Waals surface area contributed by atoms with Crippen molar-refractivity contribution in [1.82, 2.24) is 0 Å². The molecule has 1 atom stereocenters. The molecule has 1 N–H and O–H groups in total. The first kappa shape index (κ1) is 19.6. The van der Waals surface area contributed by atoms with E-state index in [2.05, 4.69) is 60.7 Å². The molecule has 156 valence electrons. The van der Waals surface area contributed by atoms with Gasteiger partial charge < -0.3 is 9.15 Å². The van der Waals surface area contributed by atoms with E-state index in [4.69, 9.17) is 9.15 Å². The van der Waals surface area contributed by atoms with Crippen LogP contribution in [0.15, 0.2) is 82.0 Å². The van der Waals surface area contributed by atoms with Crippen LogP contribution >= 0.6 is 0 Å². The maximum Gasteiger partial charge on any atom is 0.339 e. The standard InChI is InChI=1S/C27H25NO3/c1-18-19(2)27(29)31-26-22(18)13-14-25-24(26)16-28(17-30-25)15-23(20-9-5-3-6-10-20)21-11-7-4-8-12-21/h3-14,23H,15-17H2,1-2H3/p+1. The Bertz CT molecular complexity index is 1240. The topological polar surface area (TPSA) is 43.9 Å². The molecule has 5 rings (SSSR count). The zero-order chi connectivity index (χ0) is 21.4. The van der Waals surface area contributed by atoms with E-state index in [1.165, 1.54) is 16.0 Å². The first-order valence-corrected chi connectivity index (χ1v) is 10.7. The minimum atomic E-state index is -0.267. The van der Waals surface area contributed by atoms with Gasteiger partial charge in [-0.15, -0.1) is 0 Å². The van der Waals surface area contributed by atoms with Crippen molar-refractivity contribution in [2.45, 2.75) is 26.3 Å². The molecular formula is C27H26NO3+. The van der Waals surface area contributed by atoms with E-state index < -0.39 is 0 Å². The van der Waals surface area contributed by atoms with Crippen molar-refractivity contribution in [1.29, 1.82) is 0 Å². The molecule has 31 heavy (non-hydrogen) atoms. The van der Waals surface area contributed by atoms with Crippen LogP contribution in [0.1, 0.15) is 33.7 Å². The number of aryl methyl sites for hydroxylation is 1. The summed E-state index contributed by atoms with van der Waals surface area (Å²) < 4.78 is 11.9. The summed E-state index contributed by atoms with van der Waals surface area (Å²) in [4.78, 5) is 13.7. The number of ether oxygens (including phenoxy) is 1. The molecule has 0 fully saturated rings. The Morgan fingerprint density at radius 3 is 2.16 bits per heavy atom. The summed E-state index contributed by atoms with van der Waals surface area (Å²) in [5.74, 6) is 1.08. The molecule has 0 bridgehead atoms. The number of fused-ring (bicyclic) bond motifs is 3. The van der Waals surface area contributed by atoms with Crippen molar-refractivity contribution in [2.75, 3.05) is 13.3 Å². The highest BCUT2D eigenvalue weighted by Gasteiger charge is 2.28. The number of nitrogens with one attached hydrogen (secondary N) is 1. The van der Waals surface area contributed by atoms with Gasteiger partial charge in [0.1, 0.15) is 12.3 Å². The van der Waals surface area contributed by atoms with Gasteiger partial charge in [0, 0.05) is 10.9 Å². The van der Waals surface area contributed by atoms with Crippen LogP contribution in [0.4, 0.5) is 0 Å². The molecule has 0 spiro atoms. The SMILES string of the molecule is Cc1c(C)c2ccc3c(c2oc1=O)C[NH+](CC(c1ccccc1)c1ccccc1)CO3. The van der Waals surface area contributed by atoms with Crippen LogP contribution in [0.25, 0.3) is 11.0 Å². The predicted molar refractivity (Wildman–Crippen MR) is 122 cm³/mol. The molecule has 1 aliphatic heterocycles. The summed E-state index contributed by atoms with van der Waals surface area (Å²) in [6.07, 6.45) is 0. The van der Waals surface area contributed by atoms with E-state index >= 15 is 0 Å². The van der Waals surface area contributed by atoms with Gasteiger partial charge in [-0.3, -0.25) is 4.90 Å². The van der Waals surface area contributed by atoms with Crippen LogP contribution in [-0.2, 0) is 6.54 Å². The van der Waals surface area contributed by atoms with Gasteiger partial charge in [0.15, 0.2) is 5.58 Å². The van der Waals surface area contributed by atoms with E-state index in [-0.39, 0.29) is 11.5 Å². The summed E-state index contributed by atoms with van der Waals surface area (Å²) in [7, 11) is 0. The van der Waals surface area contributed by atoms with Gasteiger partial charge in [-0.05, 0) is 42.7 Å². The average Bonchev–Trinajstić information content (AvgIpc) is 2.82. The molecule has 3 aromatic carbocycles. The molecule has 4 nitrogen and oxygen atoms in total. The molecule has 4 aromatic rings. The van der Waals surface area contributed by atoms with E-state index in [0.29, 0.717) is 17.9 Å². The third-order valence-corrected chi connectivity index (χ3v) is 6.44. The largest absolute Gasteiger partial charge is 0.445 e. The molecule has 0 radical (unpaired) electrons. The Balaban J connectivity index is 1.51. The second-order valence-electron chi connectivity index (χ2n) is 8.35. The van der Waals surface area contributed by atoms with Crippen LogP contribution in [0.5, 0.6) is 5.75 Å². The molecule has 0 aliphatic carbocycles. The molecule has 1 aromatic heterocycles. The van der Waals surface area contributed by atoms with Gasteiger partial charge in [0.25, 0.3) is 0 Å². The summed E-state index contributed by atoms with van der Waals surface area (Å²) in [6.45, 7) is 6.03. The Kier molecular flexibility index (Phi) is 5.08. The Labute approximate surface area is 181 Å². The smallest absolute Gasteiger partial charge is 0.339 e. The maximum atomic E-state index is 12.4. The quantitative estimate of drug-likeness (QED) is 0.516. The minimum Gasteiger partial charge on any atom is -0.445 e. The summed E-state index contributed by atoms with van der Waals surface area (Å²) in [6, 6.07) is 25.2. The zero-order valence-corrected chi connectivity index (χ0v) is 17.9. The molecule has 2 heterocycles. The first-order chi connectivity index (χ1) is 15.1. The van der Waals surface area contributed by atoms with Crippen molar-refractivity contribution in [3.8, 4) is 5.75 Å². The minimum absolute atomic E-state index is 0.258. The molecule has 0 saturated carbocycles. The average molecular weight is 413 g/mol. The third kappa shape index (κ3) is 3.64. The highest BCUT2D eigenvalue weighted by atomic mass is 16.5. The molecule has 0 amide bonds. The van der Waals surface area contributed by atoms with Gasteiger partial charge in [-0.25, -0.2) is 4.79 Å². The van der Waals surface area contributed by atoms with E-state index in [0.717, 1.165) is 35.4 Å². The normalized spacial score (nSPS) is 15.6. The van der Waals surface area contributed by atoms with E-state index in [1.54, 1.807) is 0 Å². The lowest BCUT2D eigenvalue weighted by molar-refractivity contribution is -0.933. The number of benzene rings is 3. The van der Waals surface area contributed by atoms with Gasteiger partial charge in [-0.1, -0.05) is 60.7 Å². The van der Waals surface area contributed by atoms with E-state index in [1.807, 2.05) is 26.0 Å². The van der Waals surface area contributed by atoms with Crippen LogP contribution in [0, 0.1) is 13.8 Å². The molecule has 4 heteroatoms. The lowest BCUT2D eigenvalue weighted by Crippen LogP contribution is -3.12. The second-order valence-corrected chi connectivity index (χ2v) is 8.35. The number of quaternary nitrogens is 1. The number of hydrogen-bond acceptors (Lipinski definition) is 3. The fourth-order valence-corrected chi connectivity index (χ4v) is 4.55. The van der Waals surface area contributed by atoms with Crippen molar-refractivity contribution in [2.24, 2.45) is 0 Å². The second kappa shape index (κ2) is 8.05. The number of rotatable bonds is 4. The number of hydrogen-bond donors (Lipinski definition) is 1. The van der Waals surface area contributed by atoms with Crippen LogP contribution in [0.3, 0.4) is 0 Å². The monoisotopic (exact) mass is 412 g/mol. The Morgan fingerprint density at radius 2 is 1.52 bits per heavy atom. The van der Waals surface area contributed by atoms with Crippen LogP contribution < -0.4 is 15.3 Å². The maximum absolute atomic E-state index is 12.4. The molecule has 1 unspecified atom stereocenters. The zero-order valence-electron chi connectivity index (χ0n) is 17.9. The van der Waals surface area contributed by atoms with Gasteiger partial charge in [0.2, 0.25) is 6.73 Å². The van der Waals surface area contributed by atoms with Gasteiger partial charge in [0.05, 0.1) is 18.0 Å². The summed E-state index contributed by atoms with van der Waals surface area (Å²) in [5.41, 5.74) is 5.62. The van der Waals surface area contributed by atoms with Crippen molar-refractivity contribution in [3.63, 3.8) is 0 Å². The molecule has 1 aliphatic rings. The lowest BCUT2D eigenvalue weighted by atomic mass is 9.90. The fourth-order valence-electron chi connectivity index (χ4n) is 4.55. The lowest BCUT2D eigenvalue weighted by Gasteiger charge is -2.30. The third-order valence-electron chi connectivity index (χ3n) is 6.44. The Morgan fingerprint density at radius 1 is 0.871 bits per heavy atom. The van der Waals surface area contributed by atoms with Gasteiger partial charge in [-0.2, -0.15) is 0 Å². The molecular weight excluding hydrogens is 386 g/mol. The first-order valence-electron chi connectivity index (χ1n) is 10.7. The highest BCUT2D eigenvalue weighted by Crippen LogP contribution is 2.31. The Hall–Kier alpha value is -3.37. The van der Waals surface area contributed by atoms with Crippen molar-refractivity contribution in [3.05, 3.63) is 111 Å². The predicted octanol–water partition coefficient (Wildman–Crippen LogP) is 3.98. The highest BCUT2D eigenvalue weighted by molar-refractivity contribution is 5.85. The van der Waals surface area contributed by atoms with E-state index in [9.17, 15) is 4.79 Å². The van der Waals surface area contributed by atoms with Crippen molar-refractivity contribution < 1.29 is 14.1 Å². The van der Waals surface area contributed by atoms with Crippen LogP contribution in [-0.4, -0.2) is 13.3 Å². The summed E-state index contributed by atoms with van der Waals surface area (Å²) >= 11 is 0. The fraction of sp³-hybridized carbons (Fsp3) is 0.222. The van der Waals surface area contributed by atoms with Gasteiger partial charge >= 0.3 is 5.63 Å². The van der Waals surface area contributed by atoms with Crippen LogP contribution in [0.2, 0.25) is 0 Å². The molecule has 0 saturated heterocycles. The van der Waals surface area contributed by atoms with Crippen molar-refractivity contribution >= 4 is 11.0 Å². The summed E-state index contributed by atoms with van der Waals surface area (Å²) in [5, 5.41) is 0.989.